The maximum Gasteiger partial charge on any atom is 0.335 e. The van der Waals surface area contributed by atoms with Crippen LogP contribution < -0.4 is 0 Å². The second-order valence-electron chi connectivity index (χ2n) is 8.51. The van der Waals surface area contributed by atoms with Crippen molar-refractivity contribution >= 4 is 11.9 Å². The molecule has 2 aliphatic carbocycles. The highest BCUT2D eigenvalue weighted by Gasteiger charge is 2.33. The Labute approximate surface area is 155 Å². The van der Waals surface area contributed by atoms with Crippen LogP contribution in [0.1, 0.15) is 109 Å². The van der Waals surface area contributed by atoms with Crippen LogP contribution in [0.3, 0.4) is 0 Å². The number of benzene rings is 1. The first-order valence-corrected chi connectivity index (χ1v) is 10.0. The summed E-state index contributed by atoms with van der Waals surface area (Å²) in [6, 6.07) is 3.04. The molecule has 2 fully saturated rings. The first-order chi connectivity index (χ1) is 12.4. The van der Waals surface area contributed by atoms with Gasteiger partial charge in [-0.15, -0.1) is 0 Å². The predicted molar refractivity (Wildman–Crippen MR) is 101 cm³/mol. The van der Waals surface area contributed by atoms with Crippen LogP contribution in [0.5, 0.6) is 0 Å². The van der Waals surface area contributed by atoms with Crippen molar-refractivity contribution < 1.29 is 19.8 Å². The van der Waals surface area contributed by atoms with E-state index in [-0.39, 0.29) is 11.8 Å². The number of carboxylic acid groups (broad SMARTS) is 2. The molecule has 0 aromatic heterocycles. The second-order valence-corrected chi connectivity index (χ2v) is 8.51. The lowest BCUT2D eigenvalue weighted by molar-refractivity contribution is 0.0677. The number of carboxylic acids is 2. The zero-order chi connectivity index (χ0) is 18.8. The molecule has 2 N–H and O–H groups in total. The van der Waals surface area contributed by atoms with E-state index in [1.807, 2.05) is 0 Å². The monoisotopic (exact) mass is 358 g/mol. The Morgan fingerprint density at radius 3 is 1.27 bits per heavy atom. The van der Waals surface area contributed by atoms with Gasteiger partial charge in [0.05, 0.1) is 11.1 Å². The van der Waals surface area contributed by atoms with E-state index in [4.69, 9.17) is 0 Å². The molecule has 0 heterocycles. The summed E-state index contributed by atoms with van der Waals surface area (Å²) in [4.78, 5) is 23.9. The third-order valence-corrected chi connectivity index (χ3v) is 6.60. The van der Waals surface area contributed by atoms with Gasteiger partial charge in [-0.3, -0.25) is 0 Å². The topological polar surface area (TPSA) is 74.6 Å². The third-order valence-electron chi connectivity index (χ3n) is 6.60. The van der Waals surface area contributed by atoms with Gasteiger partial charge in [-0.25, -0.2) is 9.59 Å². The fraction of sp³-hybridized carbons (Fsp3) is 0.636. The highest BCUT2D eigenvalue weighted by atomic mass is 16.4. The number of hydrogen-bond donors (Lipinski definition) is 2. The molecule has 0 radical (unpaired) electrons. The Morgan fingerprint density at radius 2 is 1.00 bits per heavy atom. The van der Waals surface area contributed by atoms with Crippen molar-refractivity contribution in [1.82, 2.24) is 0 Å². The summed E-state index contributed by atoms with van der Waals surface area (Å²) < 4.78 is 0. The highest BCUT2D eigenvalue weighted by Crippen LogP contribution is 2.45. The first-order valence-electron chi connectivity index (χ1n) is 10.0. The summed E-state index contributed by atoms with van der Waals surface area (Å²) in [5.41, 5.74) is 2.32. The number of rotatable bonds is 4. The van der Waals surface area contributed by atoms with Gasteiger partial charge in [-0.2, -0.15) is 0 Å². The smallest absolute Gasteiger partial charge is 0.335 e. The van der Waals surface area contributed by atoms with Gasteiger partial charge in [-0.05, 0) is 72.6 Å². The van der Waals surface area contributed by atoms with E-state index in [1.54, 1.807) is 0 Å². The summed E-state index contributed by atoms with van der Waals surface area (Å²) in [5, 5.41) is 19.6. The van der Waals surface area contributed by atoms with Crippen LogP contribution in [0.2, 0.25) is 0 Å². The van der Waals surface area contributed by atoms with E-state index in [2.05, 4.69) is 13.8 Å². The number of aromatic carboxylic acids is 2. The van der Waals surface area contributed by atoms with Crippen molar-refractivity contribution in [2.24, 2.45) is 11.8 Å². The van der Waals surface area contributed by atoms with Crippen molar-refractivity contribution in [2.45, 2.75) is 77.0 Å². The minimum atomic E-state index is -0.930. The van der Waals surface area contributed by atoms with Gasteiger partial charge in [0.25, 0.3) is 0 Å². The molecular formula is C22H30O4. The normalized spacial score (nSPS) is 29.3. The van der Waals surface area contributed by atoms with E-state index in [0.717, 1.165) is 62.5 Å². The fourth-order valence-electron chi connectivity index (χ4n) is 4.99. The molecular weight excluding hydrogens is 328 g/mol. The largest absolute Gasteiger partial charge is 0.478 e. The Kier molecular flexibility index (Phi) is 5.69. The predicted octanol–water partition coefficient (Wildman–Crippen LogP) is 5.67. The van der Waals surface area contributed by atoms with E-state index < -0.39 is 11.9 Å². The molecule has 26 heavy (non-hydrogen) atoms. The van der Waals surface area contributed by atoms with Crippen molar-refractivity contribution in [3.63, 3.8) is 0 Å². The fourth-order valence-corrected chi connectivity index (χ4v) is 4.99. The zero-order valence-electron chi connectivity index (χ0n) is 15.8. The average Bonchev–Trinajstić information content (AvgIpc) is 2.61. The molecule has 1 aromatic carbocycles. The maximum atomic E-state index is 11.9. The maximum absolute atomic E-state index is 11.9. The lowest BCUT2D eigenvalue weighted by Gasteiger charge is -2.34. The van der Waals surface area contributed by atoms with Gasteiger partial charge in [0, 0.05) is 0 Å². The van der Waals surface area contributed by atoms with Gasteiger partial charge < -0.3 is 10.2 Å². The van der Waals surface area contributed by atoms with Crippen LogP contribution in [0.15, 0.2) is 12.1 Å². The molecule has 1 aromatic rings. The van der Waals surface area contributed by atoms with Crippen molar-refractivity contribution in [3.05, 3.63) is 34.4 Å². The number of carbonyl (C=O) groups is 2. The van der Waals surface area contributed by atoms with Crippen LogP contribution in [0, 0.1) is 11.8 Å². The van der Waals surface area contributed by atoms with Crippen molar-refractivity contribution in [3.8, 4) is 0 Å². The van der Waals surface area contributed by atoms with Crippen LogP contribution in [-0.4, -0.2) is 22.2 Å². The van der Waals surface area contributed by atoms with Crippen LogP contribution >= 0.6 is 0 Å². The summed E-state index contributed by atoms with van der Waals surface area (Å²) in [6.45, 7) is 4.48. The molecule has 0 aliphatic heterocycles. The molecule has 4 nitrogen and oxygen atoms in total. The molecule has 2 aliphatic rings. The lowest BCUT2D eigenvalue weighted by atomic mass is 9.70. The average molecular weight is 358 g/mol. The molecule has 0 atom stereocenters. The Bertz CT molecular complexity index is 619. The van der Waals surface area contributed by atoms with Gasteiger partial charge in [0.2, 0.25) is 0 Å². The van der Waals surface area contributed by atoms with E-state index >= 15 is 0 Å². The third kappa shape index (κ3) is 3.79. The molecule has 142 valence electrons. The molecule has 0 spiro atoms. The van der Waals surface area contributed by atoms with Crippen LogP contribution in [0.25, 0.3) is 0 Å². The van der Waals surface area contributed by atoms with Crippen LogP contribution in [0.4, 0.5) is 0 Å². The van der Waals surface area contributed by atoms with Crippen LogP contribution in [-0.2, 0) is 0 Å². The zero-order valence-corrected chi connectivity index (χ0v) is 15.8. The lowest BCUT2D eigenvalue weighted by Crippen LogP contribution is -2.22. The van der Waals surface area contributed by atoms with Gasteiger partial charge in [-0.1, -0.05) is 39.5 Å². The number of hydrogen-bond acceptors (Lipinski definition) is 2. The SMILES string of the molecule is CC1CCC(c2c(C(=O)O)ccc(C(=O)O)c2C2CCC(C)CC2)CC1. The quantitative estimate of drug-likeness (QED) is 0.727. The Balaban J connectivity index is 2.12. The Hall–Kier alpha value is -1.84. The first kappa shape index (κ1) is 18.9. The second kappa shape index (κ2) is 7.81. The summed E-state index contributed by atoms with van der Waals surface area (Å²) in [7, 11) is 0. The van der Waals surface area contributed by atoms with Crippen molar-refractivity contribution in [1.29, 1.82) is 0 Å². The van der Waals surface area contributed by atoms with E-state index in [9.17, 15) is 19.8 Å². The summed E-state index contributed by atoms with van der Waals surface area (Å²) in [5.74, 6) is -0.179. The van der Waals surface area contributed by atoms with Gasteiger partial charge >= 0.3 is 11.9 Å². The van der Waals surface area contributed by atoms with E-state index in [0.29, 0.717) is 23.0 Å². The van der Waals surface area contributed by atoms with Gasteiger partial charge in [0.15, 0.2) is 0 Å². The molecule has 0 unspecified atom stereocenters. The standard InChI is InChI=1S/C22H30O4/c1-13-3-7-15(8-4-13)19-17(21(23)24)11-12-18(22(25)26)20(19)16-9-5-14(2)6-10-16/h11-16H,3-10H2,1-2H3,(H,23,24)(H,25,26). The van der Waals surface area contributed by atoms with Crippen molar-refractivity contribution in [2.75, 3.05) is 0 Å². The summed E-state index contributed by atoms with van der Waals surface area (Å²) >= 11 is 0. The van der Waals surface area contributed by atoms with Gasteiger partial charge in [0.1, 0.15) is 0 Å². The van der Waals surface area contributed by atoms with E-state index in [1.165, 1.54) is 12.1 Å². The summed E-state index contributed by atoms with van der Waals surface area (Å²) in [6.07, 6.45) is 8.18. The molecule has 2 saturated carbocycles. The highest BCUT2D eigenvalue weighted by molar-refractivity contribution is 5.95. The minimum Gasteiger partial charge on any atom is -0.478 e. The molecule has 0 saturated heterocycles. The molecule has 3 rings (SSSR count). The minimum absolute atomic E-state index is 0.172. The molecule has 0 amide bonds. The Morgan fingerprint density at radius 1 is 0.692 bits per heavy atom. The molecule has 0 bridgehead atoms. The molecule has 4 heteroatoms.